The van der Waals surface area contributed by atoms with Crippen LogP contribution in [0.4, 0.5) is 5.95 Å². The van der Waals surface area contributed by atoms with Gasteiger partial charge in [0.2, 0.25) is 5.95 Å². The van der Waals surface area contributed by atoms with Crippen LogP contribution in [-0.2, 0) is 11.3 Å². The second-order valence-corrected chi connectivity index (χ2v) is 5.30. The van der Waals surface area contributed by atoms with Gasteiger partial charge in [0.25, 0.3) is 0 Å². The second kappa shape index (κ2) is 7.50. The standard InChI is InChI=1S/C14H26N4O/c1-17-8-4-3-6-13(17)12-16-14-15-7-10-18(14)9-5-11-19-2/h7,10,13H,3-6,8-9,11-12H2,1-2H3,(H,15,16). The second-order valence-electron chi connectivity index (χ2n) is 5.30. The summed E-state index contributed by atoms with van der Waals surface area (Å²) in [5, 5.41) is 3.49. The Balaban J connectivity index is 1.80. The first-order chi connectivity index (χ1) is 9.31. The third kappa shape index (κ3) is 4.21. The van der Waals surface area contributed by atoms with Crippen molar-refractivity contribution >= 4 is 5.95 Å². The van der Waals surface area contributed by atoms with Gasteiger partial charge in [0, 0.05) is 45.2 Å². The van der Waals surface area contributed by atoms with Crippen molar-refractivity contribution < 1.29 is 4.74 Å². The number of ether oxygens (including phenoxy) is 1. The van der Waals surface area contributed by atoms with Gasteiger partial charge in [-0.05, 0) is 32.9 Å². The summed E-state index contributed by atoms with van der Waals surface area (Å²) in [6, 6.07) is 0.637. The van der Waals surface area contributed by atoms with Gasteiger partial charge in [0.15, 0.2) is 0 Å². The minimum absolute atomic E-state index is 0.637. The summed E-state index contributed by atoms with van der Waals surface area (Å²) >= 11 is 0. The molecule has 0 saturated carbocycles. The minimum atomic E-state index is 0.637. The number of hydrogen-bond acceptors (Lipinski definition) is 4. The lowest BCUT2D eigenvalue weighted by molar-refractivity contribution is 0.190. The normalized spacial score (nSPS) is 20.6. The summed E-state index contributed by atoms with van der Waals surface area (Å²) in [5.74, 6) is 0.982. The Morgan fingerprint density at radius 3 is 3.16 bits per heavy atom. The molecule has 0 aliphatic carbocycles. The Bertz CT molecular complexity index is 366. The summed E-state index contributed by atoms with van der Waals surface area (Å²) in [4.78, 5) is 6.85. The molecule has 5 nitrogen and oxygen atoms in total. The number of nitrogens with zero attached hydrogens (tertiary/aromatic N) is 3. The van der Waals surface area contributed by atoms with Gasteiger partial charge in [-0.15, -0.1) is 0 Å². The van der Waals surface area contributed by atoms with Crippen molar-refractivity contribution in [2.45, 2.75) is 38.3 Å². The van der Waals surface area contributed by atoms with E-state index in [1.54, 1.807) is 7.11 Å². The molecule has 1 aliphatic heterocycles. The van der Waals surface area contributed by atoms with Gasteiger partial charge in [-0.2, -0.15) is 0 Å². The molecule has 5 heteroatoms. The van der Waals surface area contributed by atoms with Crippen LogP contribution in [0.25, 0.3) is 0 Å². The van der Waals surface area contributed by atoms with E-state index in [9.17, 15) is 0 Å². The fourth-order valence-electron chi connectivity index (χ4n) is 2.65. The van der Waals surface area contributed by atoms with Crippen molar-refractivity contribution in [2.75, 3.05) is 39.2 Å². The van der Waals surface area contributed by atoms with Crippen LogP contribution in [0.1, 0.15) is 25.7 Å². The van der Waals surface area contributed by atoms with Gasteiger partial charge in [0.1, 0.15) is 0 Å². The van der Waals surface area contributed by atoms with Crippen LogP contribution in [-0.4, -0.2) is 54.3 Å². The number of hydrogen-bond donors (Lipinski definition) is 1. The SMILES string of the molecule is COCCCn1ccnc1NCC1CCCCN1C. The Morgan fingerprint density at radius 2 is 2.37 bits per heavy atom. The fourth-order valence-corrected chi connectivity index (χ4v) is 2.65. The molecular weight excluding hydrogens is 240 g/mol. The number of methoxy groups -OCH3 is 1. The van der Waals surface area contributed by atoms with Crippen LogP contribution in [0, 0.1) is 0 Å². The van der Waals surface area contributed by atoms with E-state index in [1.165, 1.54) is 25.8 Å². The molecule has 1 unspecified atom stereocenters. The summed E-state index contributed by atoms with van der Waals surface area (Å²) < 4.78 is 7.26. The molecule has 1 fully saturated rings. The highest BCUT2D eigenvalue weighted by molar-refractivity contribution is 5.26. The molecule has 1 aliphatic rings. The maximum Gasteiger partial charge on any atom is 0.202 e. The van der Waals surface area contributed by atoms with Crippen LogP contribution in [0.2, 0.25) is 0 Å². The molecule has 1 aromatic heterocycles. The zero-order valence-electron chi connectivity index (χ0n) is 12.1. The van der Waals surface area contributed by atoms with Crippen molar-refractivity contribution in [3.63, 3.8) is 0 Å². The van der Waals surface area contributed by atoms with Gasteiger partial charge >= 0.3 is 0 Å². The Kier molecular flexibility index (Phi) is 5.66. The highest BCUT2D eigenvalue weighted by atomic mass is 16.5. The number of anilines is 1. The largest absolute Gasteiger partial charge is 0.385 e. The summed E-state index contributed by atoms with van der Waals surface area (Å²) in [6.45, 7) is 3.95. The molecule has 2 heterocycles. The predicted molar refractivity (Wildman–Crippen MR) is 77.5 cm³/mol. The van der Waals surface area contributed by atoms with E-state index < -0.39 is 0 Å². The quantitative estimate of drug-likeness (QED) is 0.764. The van der Waals surface area contributed by atoms with E-state index in [1.807, 2.05) is 12.4 Å². The smallest absolute Gasteiger partial charge is 0.202 e. The van der Waals surface area contributed by atoms with Crippen molar-refractivity contribution in [1.82, 2.24) is 14.5 Å². The molecule has 19 heavy (non-hydrogen) atoms. The van der Waals surface area contributed by atoms with Crippen LogP contribution in [0.3, 0.4) is 0 Å². The molecule has 1 atom stereocenters. The highest BCUT2D eigenvalue weighted by Crippen LogP contribution is 2.15. The number of imidazole rings is 1. The van der Waals surface area contributed by atoms with Crippen LogP contribution >= 0.6 is 0 Å². The van der Waals surface area contributed by atoms with Gasteiger partial charge in [-0.3, -0.25) is 0 Å². The van der Waals surface area contributed by atoms with E-state index in [4.69, 9.17) is 4.74 Å². The first kappa shape index (κ1) is 14.3. The molecule has 0 bridgehead atoms. The fraction of sp³-hybridized carbons (Fsp3) is 0.786. The zero-order chi connectivity index (χ0) is 13.5. The summed E-state index contributed by atoms with van der Waals surface area (Å²) in [5.41, 5.74) is 0. The monoisotopic (exact) mass is 266 g/mol. The maximum atomic E-state index is 5.09. The molecule has 0 spiro atoms. The number of likely N-dealkylation sites (tertiary alicyclic amines) is 1. The molecule has 2 rings (SSSR count). The van der Waals surface area contributed by atoms with Gasteiger partial charge in [-0.1, -0.05) is 6.42 Å². The molecule has 0 radical (unpaired) electrons. The number of aromatic nitrogens is 2. The highest BCUT2D eigenvalue weighted by Gasteiger charge is 2.18. The number of nitrogens with one attached hydrogen (secondary N) is 1. The van der Waals surface area contributed by atoms with Crippen LogP contribution in [0.5, 0.6) is 0 Å². The maximum absolute atomic E-state index is 5.09. The topological polar surface area (TPSA) is 42.3 Å². The van der Waals surface area contributed by atoms with E-state index >= 15 is 0 Å². The van der Waals surface area contributed by atoms with E-state index in [-0.39, 0.29) is 0 Å². The van der Waals surface area contributed by atoms with Crippen LogP contribution in [0.15, 0.2) is 12.4 Å². The average molecular weight is 266 g/mol. The van der Waals surface area contributed by atoms with Gasteiger partial charge < -0.3 is 19.5 Å². The molecule has 1 aromatic rings. The lowest BCUT2D eigenvalue weighted by atomic mass is 10.0. The lowest BCUT2D eigenvalue weighted by Gasteiger charge is -2.32. The predicted octanol–water partition coefficient (Wildman–Crippen LogP) is 1.82. The molecule has 0 aromatic carbocycles. The Morgan fingerprint density at radius 1 is 1.47 bits per heavy atom. The van der Waals surface area contributed by atoms with Crippen molar-refractivity contribution in [1.29, 1.82) is 0 Å². The average Bonchev–Trinajstić information content (AvgIpc) is 2.86. The number of likely N-dealkylation sites (N-methyl/N-ethyl adjacent to an activating group) is 1. The van der Waals surface area contributed by atoms with Crippen molar-refractivity contribution in [3.05, 3.63) is 12.4 Å². The van der Waals surface area contributed by atoms with Gasteiger partial charge in [0.05, 0.1) is 0 Å². The molecular formula is C14H26N4O. The molecule has 1 N–H and O–H groups in total. The van der Waals surface area contributed by atoms with E-state index in [0.29, 0.717) is 6.04 Å². The third-order valence-corrected chi connectivity index (χ3v) is 3.88. The Labute approximate surface area is 116 Å². The number of piperidine rings is 1. The molecule has 1 saturated heterocycles. The van der Waals surface area contributed by atoms with E-state index in [0.717, 1.165) is 32.1 Å². The first-order valence-corrected chi connectivity index (χ1v) is 7.25. The molecule has 0 amide bonds. The van der Waals surface area contributed by atoms with Crippen molar-refractivity contribution in [3.8, 4) is 0 Å². The number of rotatable bonds is 7. The van der Waals surface area contributed by atoms with Crippen LogP contribution < -0.4 is 5.32 Å². The van der Waals surface area contributed by atoms with E-state index in [2.05, 4.69) is 26.8 Å². The summed E-state index contributed by atoms with van der Waals surface area (Å²) in [6.07, 6.45) is 8.87. The third-order valence-electron chi connectivity index (χ3n) is 3.88. The summed E-state index contributed by atoms with van der Waals surface area (Å²) in [7, 11) is 3.96. The van der Waals surface area contributed by atoms with Gasteiger partial charge in [-0.25, -0.2) is 4.98 Å². The number of aryl methyl sites for hydroxylation is 1. The minimum Gasteiger partial charge on any atom is -0.385 e. The first-order valence-electron chi connectivity index (χ1n) is 7.25. The zero-order valence-corrected chi connectivity index (χ0v) is 12.1. The Hall–Kier alpha value is -1.07. The lowest BCUT2D eigenvalue weighted by Crippen LogP contribution is -2.41. The van der Waals surface area contributed by atoms with Crippen molar-refractivity contribution in [2.24, 2.45) is 0 Å². The molecule has 108 valence electrons.